The van der Waals surface area contributed by atoms with Crippen molar-refractivity contribution in [3.05, 3.63) is 47.4 Å². The highest BCUT2D eigenvalue weighted by atomic mass is 16.1. The van der Waals surface area contributed by atoms with E-state index in [1.165, 1.54) is 10.9 Å². The quantitative estimate of drug-likeness (QED) is 0.609. The first-order chi connectivity index (χ1) is 8.59. The van der Waals surface area contributed by atoms with E-state index in [0.29, 0.717) is 5.69 Å². The Morgan fingerprint density at radius 1 is 1.17 bits per heavy atom. The monoisotopic (exact) mass is 238 g/mol. The Bertz CT molecular complexity index is 784. The lowest BCUT2D eigenvalue weighted by Crippen LogP contribution is -2.00. The number of imidazole rings is 1. The lowest BCUT2D eigenvalue weighted by molar-refractivity contribution is 0.101. The van der Waals surface area contributed by atoms with Gasteiger partial charge in [0.25, 0.3) is 0 Å². The molecule has 0 aliphatic rings. The van der Waals surface area contributed by atoms with Crippen LogP contribution in [0.3, 0.4) is 0 Å². The highest BCUT2D eigenvalue weighted by molar-refractivity contribution is 6.00. The number of benzene rings is 1. The summed E-state index contributed by atoms with van der Waals surface area (Å²) < 4.78 is 1.89. The average molecular weight is 238 g/mol. The van der Waals surface area contributed by atoms with Crippen LogP contribution in [0.1, 0.15) is 28.7 Å². The fourth-order valence-corrected chi connectivity index (χ4v) is 2.55. The fourth-order valence-electron chi connectivity index (χ4n) is 2.55. The van der Waals surface area contributed by atoms with Crippen molar-refractivity contribution < 1.29 is 4.79 Å². The maximum atomic E-state index is 11.7. The van der Waals surface area contributed by atoms with Gasteiger partial charge in [0.15, 0.2) is 5.78 Å². The molecule has 0 spiro atoms. The van der Waals surface area contributed by atoms with Crippen molar-refractivity contribution in [3.63, 3.8) is 0 Å². The Hall–Kier alpha value is -2.16. The van der Waals surface area contributed by atoms with Crippen molar-refractivity contribution in [2.45, 2.75) is 20.8 Å². The molecule has 0 atom stereocenters. The number of hydrogen-bond acceptors (Lipinski definition) is 2. The number of ketones is 1. The van der Waals surface area contributed by atoms with Gasteiger partial charge in [-0.3, -0.25) is 9.20 Å². The standard InChI is InChI=1S/C15H14N2O/c1-9-5-4-6-13-12(9)7-8-17-14(11(3)18)10(2)16-15(13)17/h4-8H,1-3H3. The molecular formula is C15H14N2O. The number of aromatic nitrogens is 2. The van der Waals surface area contributed by atoms with Gasteiger partial charge in [-0.2, -0.15) is 0 Å². The molecule has 0 amide bonds. The summed E-state index contributed by atoms with van der Waals surface area (Å²) in [5.41, 5.74) is 3.55. The zero-order chi connectivity index (χ0) is 12.9. The molecule has 1 aromatic carbocycles. The SMILES string of the molecule is CC(=O)c1c(C)nc2c3cccc(C)c3ccn12. The molecule has 90 valence electrons. The van der Waals surface area contributed by atoms with Crippen molar-refractivity contribution >= 4 is 22.2 Å². The van der Waals surface area contributed by atoms with E-state index in [2.05, 4.69) is 18.0 Å². The molecule has 3 aromatic rings. The van der Waals surface area contributed by atoms with E-state index in [1.807, 2.05) is 35.7 Å². The first-order valence-corrected chi connectivity index (χ1v) is 5.97. The van der Waals surface area contributed by atoms with E-state index in [4.69, 9.17) is 0 Å². The van der Waals surface area contributed by atoms with Crippen LogP contribution in [0.4, 0.5) is 0 Å². The third kappa shape index (κ3) is 1.37. The van der Waals surface area contributed by atoms with Gasteiger partial charge in [0, 0.05) is 18.5 Å². The molecule has 0 saturated carbocycles. The number of aryl methyl sites for hydroxylation is 2. The number of hydrogen-bond donors (Lipinski definition) is 0. The van der Waals surface area contributed by atoms with Gasteiger partial charge in [-0.1, -0.05) is 18.2 Å². The summed E-state index contributed by atoms with van der Waals surface area (Å²) >= 11 is 0. The highest BCUT2D eigenvalue weighted by Crippen LogP contribution is 2.24. The van der Waals surface area contributed by atoms with Gasteiger partial charge in [-0.05, 0) is 30.9 Å². The number of carbonyl (C=O) groups is 1. The van der Waals surface area contributed by atoms with Crippen LogP contribution in [0.5, 0.6) is 0 Å². The molecule has 0 unspecified atom stereocenters. The molecule has 2 aromatic heterocycles. The Labute approximate surface area is 105 Å². The Kier molecular flexibility index (Phi) is 2.23. The van der Waals surface area contributed by atoms with Crippen LogP contribution in [0.25, 0.3) is 16.4 Å². The molecule has 0 radical (unpaired) electrons. The molecule has 0 N–H and O–H groups in total. The predicted molar refractivity (Wildman–Crippen MR) is 72.2 cm³/mol. The number of Topliss-reactive ketones (excluding diaryl/α,β-unsaturated/α-hetero) is 1. The van der Waals surface area contributed by atoms with E-state index in [9.17, 15) is 4.79 Å². The minimum absolute atomic E-state index is 0.0482. The van der Waals surface area contributed by atoms with Crippen LogP contribution < -0.4 is 0 Å². The van der Waals surface area contributed by atoms with Crippen molar-refractivity contribution in [1.29, 1.82) is 0 Å². The molecule has 0 bridgehead atoms. The zero-order valence-corrected chi connectivity index (χ0v) is 10.7. The third-order valence-corrected chi connectivity index (χ3v) is 3.37. The van der Waals surface area contributed by atoms with Gasteiger partial charge < -0.3 is 0 Å². The van der Waals surface area contributed by atoms with Crippen LogP contribution in [-0.4, -0.2) is 15.2 Å². The van der Waals surface area contributed by atoms with Crippen molar-refractivity contribution in [1.82, 2.24) is 9.38 Å². The number of carbonyl (C=O) groups excluding carboxylic acids is 1. The largest absolute Gasteiger partial charge is 0.296 e. The fraction of sp³-hybridized carbons (Fsp3) is 0.200. The van der Waals surface area contributed by atoms with E-state index >= 15 is 0 Å². The predicted octanol–water partition coefficient (Wildman–Crippen LogP) is 3.31. The van der Waals surface area contributed by atoms with Gasteiger partial charge in [0.1, 0.15) is 11.3 Å². The second-order valence-electron chi connectivity index (χ2n) is 4.65. The van der Waals surface area contributed by atoms with E-state index < -0.39 is 0 Å². The lowest BCUT2D eigenvalue weighted by Gasteiger charge is -2.04. The van der Waals surface area contributed by atoms with E-state index in [0.717, 1.165) is 16.7 Å². The molecule has 18 heavy (non-hydrogen) atoms. The molecular weight excluding hydrogens is 224 g/mol. The smallest absolute Gasteiger partial charge is 0.178 e. The summed E-state index contributed by atoms with van der Waals surface area (Å²) in [5.74, 6) is 0.0482. The summed E-state index contributed by atoms with van der Waals surface area (Å²) in [6, 6.07) is 8.20. The van der Waals surface area contributed by atoms with Gasteiger partial charge in [0.05, 0.1) is 5.69 Å². The van der Waals surface area contributed by atoms with Crippen molar-refractivity contribution in [2.24, 2.45) is 0 Å². The summed E-state index contributed by atoms with van der Waals surface area (Å²) in [6.07, 6.45) is 1.93. The number of rotatable bonds is 1. The number of pyridine rings is 1. The maximum Gasteiger partial charge on any atom is 0.178 e. The number of fused-ring (bicyclic) bond motifs is 3. The zero-order valence-electron chi connectivity index (χ0n) is 10.7. The second-order valence-corrected chi connectivity index (χ2v) is 4.65. The lowest BCUT2D eigenvalue weighted by atomic mass is 10.1. The van der Waals surface area contributed by atoms with Crippen LogP contribution in [-0.2, 0) is 0 Å². The second kappa shape index (κ2) is 3.67. The Balaban J connectivity index is 2.54. The average Bonchev–Trinajstić information content (AvgIpc) is 2.66. The maximum absolute atomic E-state index is 11.7. The highest BCUT2D eigenvalue weighted by Gasteiger charge is 2.14. The first kappa shape index (κ1) is 11.0. The van der Waals surface area contributed by atoms with Crippen LogP contribution in [0.2, 0.25) is 0 Å². The van der Waals surface area contributed by atoms with Crippen LogP contribution in [0, 0.1) is 13.8 Å². The van der Waals surface area contributed by atoms with Crippen LogP contribution in [0.15, 0.2) is 30.5 Å². The summed E-state index contributed by atoms with van der Waals surface area (Å²) in [6.45, 7) is 5.54. The topological polar surface area (TPSA) is 34.4 Å². The summed E-state index contributed by atoms with van der Waals surface area (Å²) in [7, 11) is 0. The van der Waals surface area contributed by atoms with Crippen molar-refractivity contribution in [3.8, 4) is 0 Å². The summed E-state index contributed by atoms with van der Waals surface area (Å²) in [4.78, 5) is 16.2. The first-order valence-electron chi connectivity index (χ1n) is 5.97. The van der Waals surface area contributed by atoms with Crippen LogP contribution >= 0.6 is 0 Å². The van der Waals surface area contributed by atoms with Gasteiger partial charge in [-0.25, -0.2) is 4.98 Å². The Morgan fingerprint density at radius 3 is 2.67 bits per heavy atom. The summed E-state index contributed by atoms with van der Waals surface area (Å²) in [5, 5.41) is 2.28. The molecule has 0 aliphatic heterocycles. The van der Waals surface area contributed by atoms with Crippen molar-refractivity contribution in [2.75, 3.05) is 0 Å². The minimum atomic E-state index is 0.0482. The van der Waals surface area contributed by atoms with Gasteiger partial charge in [0.2, 0.25) is 0 Å². The molecule has 3 heteroatoms. The molecule has 2 heterocycles. The van der Waals surface area contributed by atoms with E-state index in [-0.39, 0.29) is 5.78 Å². The molecule has 3 nitrogen and oxygen atoms in total. The molecule has 0 aliphatic carbocycles. The Morgan fingerprint density at radius 2 is 1.94 bits per heavy atom. The van der Waals surface area contributed by atoms with Gasteiger partial charge >= 0.3 is 0 Å². The normalized spacial score (nSPS) is 11.3. The van der Waals surface area contributed by atoms with Gasteiger partial charge in [-0.15, -0.1) is 0 Å². The molecule has 0 saturated heterocycles. The van der Waals surface area contributed by atoms with E-state index in [1.54, 1.807) is 6.92 Å². The third-order valence-electron chi connectivity index (χ3n) is 3.37. The molecule has 0 fully saturated rings. The minimum Gasteiger partial charge on any atom is -0.296 e. The molecule has 3 rings (SSSR count). The number of nitrogens with zero attached hydrogens (tertiary/aromatic N) is 2.